The summed E-state index contributed by atoms with van der Waals surface area (Å²) in [5.74, 6) is -5.21. The van der Waals surface area contributed by atoms with E-state index >= 15 is 0 Å². The largest absolute Gasteiger partial charge is 0.444 e. The number of rotatable bonds is 6. The van der Waals surface area contributed by atoms with Crippen LogP contribution in [-0.4, -0.2) is 64.5 Å². The predicted octanol–water partition coefficient (Wildman–Crippen LogP) is 6.56. The molecule has 1 aliphatic heterocycles. The van der Waals surface area contributed by atoms with Crippen molar-refractivity contribution in [1.29, 1.82) is 0 Å². The second-order valence-electron chi connectivity index (χ2n) is 11.4. The lowest BCUT2D eigenvalue weighted by molar-refractivity contribution is -0.141. The number of alkyl carbamates (subject to hydrolysis) is 1. The van der Waals surface area contributed by atoms with Gasteiger partial charge in [-0.25, -0.2) is 22.8 Å². The minimum Gasteiger partial charge on any atom is -0.444 e. The SMILES string of the molecule is Cc1c(Br)c(C(F)(F)F)nc(N2CCCC(F)(F)CC2)c1C(=O)Nc1cccc([S@@](C)(=O)=NC(=O)CNC(=O)OC(C)(C)C)c1. The summed E-state index contributed by atoms with van der Waals surface area (Å²) < 4.78 is 91.2. The number of benzene rings is 1. The zero-order valence-electron chi connectivity index (χ0n) is 25.1. The average molecular weight is 727 g/mol. The Labute approximate surface area is 265 Å². The number of aromatic nitrogens is 1. The van der Waals surface area contributed by atoms with Gasteiger partial charge >= 0.3 is 12.3 Å². The van der Waals surface area contributed by atoms with Crippen molar-refractivity contribution < 1.29 is 45.3 Å². The summed E-state index contributed by atoms with van der Waals surface area (Å²) in [5.41, 5.74) is -2.43. The number of pyridine rings is 1. The molecule has 1 aromatic heterocycles. The Morgan fingerprint density at radius 1 is 1.16 bits per heavy atom. The van der Waals surface area contributed by atoms with Gasteiger partial charge in [0.2, 0.25) is 5.92 Å². The molecule has 0 saturated carbocycles. The van der Waals surface area contributed by atoms with E-state index in [9.17, 15) is 40.5 Å². The van der Waals surface area contributed by atoms with Gasteiger partial charge in [-0.2, -0.15) is 17.5 Å². The predicted molar refractivity (Wildman–Crippen MR) is 161 cm³/mol. The Kier molecular flexibility index (Phi) is 10.9. The Morgan fingerprint density at radius 2 is 1.82 bits per heavy atom. The first-order valence-corrected chi connectivity index (χ1v) is 16.3. The molecule has 0 radical (unpaired) electrons. The molecule has 2 heterocycles. The lowest BCUT2D eigenvalue weighted by Gasteiger charge is -2.27. The molecule has 1 fully saturated rings. The molecule has 1 aromatic carbocycles. The first kappa shape index (κ1) is 36.1. The number of anilines is 2. The van der Waals surface area contributed by atoms with Gasteiger partial charge in [-0.15, -0.1) is 0 Å². The maximum absolute atomic E-state index is 14.1. The second-order valence-corrected chi connectivity index (χ2v) is 14.5. The lowest BCUT2D eigenvalue weighted by Crippen LogP contribution is -2.35. The van der Waals surface area contributed by atoms with Crippen molar-refractivity contribution in [2.75, 3.05) is 36.1 Å². The van der Waals surface area contributed by atoms with Crippen LogP contribution in [0.4, 0.5) is 38.3 Å². The summed E-state index contributed by atoms with van der Waals surface area (Å²) in [6.45, 7) is 5.21. The standard InChI is InChI=1S/C28H33BrF5N5O5S/c1-16-20(23(37-22(21(16)29)28(32,33)34)39-12-7-10-27(30,31)11-13-39)24(41)36-17-8-6-9-18(14-17)45(5,43)38-19(40)15-35-25(42)44-26(2,3)4/h6,8-9,14H,7,10-13,15H2,1-5H3,(H,35,42)(H,36,41)/t45-/m1/s1. The maximum Gasteiger partial charge on any atom is 0.434 e. The molecule has 1 aliphatic rings. The minimum atomic E-state index is -4.90. The summed E-state index contributed by atoms with van der Waals surface area (Å²) in [6, 6.07) is 5.49. The smallest absolute Gasteiger partial charge is 0.434 e. The van der Waals surface area contributed by atoms with Crippen LogP contribution in [0.1, 0.15) is 61.6 Å². The fourth-order valence-electron chi connectivity index (χ4n) is 4.37. The van der Waals surface area contributed by atoms with E-state index in [2.05, 4.69) is 35.9 Å². The molecule has 248 valence electrons. The topological polar surface area (TPSA) is 130 Å². The number of hydrogen-bond donors (Lipinski definition) is 2. The van der Waals surface area contributed by atoms with Crippen LogP contribution in [0, 0.1) is 6.92 Å². The molecule has 0 aliphatic carbocycles. The van der Waals surface area contributed by atoms with E-state index in [1.54, 1.807) is 20.8 Å². The molecule has 2 aromatic rings. The van der Waals surface area contributed by atoms with E-state index < -0.39 is 80.7 Å². The first-order chi connectivity index (χ1) is 20.6. The molecule has 0 unspecified atom stereocenters. The van der Waals surface area contributed by atoms with Crippen LogP contribution in [0.5, 0.6) is 0 Å². The Morgan fingerprint density at radius 3 is 2.44 bits per heavy atom. The number of carbonyl (C=O) groups excluding carboxylic acids is 3. The number of ether oxygens (including phenoxy) is 1. The highest BCUT2D eigenvalue weighted by atomic mass is 79.9. The Hall–Kier alpha value is -3.34. The fourth-order valence-corrected chi connectivity index (χ4v) is 6.12. The molecule has 1 atom stereocenters. The first-order valence-electron chi connectivity index (χ1n) is 13.6. The van der Waals surface area contributed by atoms with Gasteiger partial charge in [-0.05, 0) is 73.8 Å². The summed E-state index contributed by atoms with van der Waals surface area (Å²) in [7, 11) is -3.38. The number of amides is 3. The Bertz CT molecular complexity index is 1600. The highest BCUT2D eigenvalue weighted by Gasteiger charge is 2.40. The minimum absolute atomic E-state index is 0.0318. The lowest BCUT2D eigenvalue weighted by atomic mass is 10.1. The molecule has 3 rings (SSSR count). The fraction of sp³-hybridized carbons (Fsp3) is 0.500. The molecule has 17 heteroatoms. The second kappa shape index (κ2) is 13.6. The summed E-state index contributed by atoms with van der Waals surface area (Å²) in [5, 5.41) is 4.76. The van der Waals surface area contributed by atoms with Crippen molar-refractivity contribution in [1.82, 2.24) is 10.3 Å². The molecule has 2 N–H and O–H groups in total. The van der Waals surface area contributed by atoms with Gasteiger partial charge in [0.15, 0.2) is 5.69 Å². The maximum atomic E-state index is 14.1. The normalized spacial score (nSPS) is 16.6. The van der Waals surface area contributed by atoms with Crippen LogP contribution < -0.4 is 15.5 Å². The van der Waals surface area contributed by atoms with Crippen molar-refractivity contribution in [2.24, 2.45) is 4.36 Å². The molecule has 3 amide bonds. The third-order valence-corrected chi connectivity index (χ3v) is 9.11. The molecular formula is C28H33BrF5N5O5S. The van der Waals surface area contributed by atoms with E-state index in [4.69, 9.17) is 4.74 Å². The average Bonchev–Trinajstić information content (AvgIpc) is 3.07. The quantitative estimate of drug-likeness (QED) is 0.323. The molecule has 0 bridgehead atoms. The third kappa shape index (κ3) is 9.82. The van der Waals surface area contributed by atoms with Crippen molar-refractivity contribution >= 4 is 55.1 Å². The molecule has 1 saturated heterocycles. The monoisotopic (exact) mass is 725 g/mol. The van der Waals surface area contributed by atoms with E-state index in [-0.39, 0.29) is 41.2 Å². The number of nitrogens with one attached hydrogen (secondary N) is 2. The van der Waals surface area contributed by atoms with Gasteiger partial charge < -0.3 is 20.3 Å². The van der Waals surface area contributed by atoms with Crippen molar-refractivity contribution in [3.05, 3.63) is 45.6 Å². The van der Waals surface area contributed by atoms with Crippen molar-refractivity contribution in [2.45, 2.75) is 69.6 Å². The van der Waals surface area contributed by atoms with Crippen molar-refractivity contribution in [3.63, 3.8) is 0 Å². The van der Waals surface area contributed by atoms with Crippen LogP contribution in [0.3, 0.4) is 0 Å². The van der Waals surface area contributed by atoms with Crippen molar-refractivity contribution in [3.8, 4) is 0 Å². The van der Waals surface area contributed by atoms with E-state index in [0.29, 0.717) is 0 Å². The van der Waals surface area contributed by atoms with Crippen LogP contribution in [0.25, 0.3) is 0 Å². The van der Waals surface area contributed by atoms with Crippen LogP contribution >= 0.6 is 15.9 Å². The third-order valence-electron chi connectivity index (χ3n) is 6.45. The van der Waals surface area contributed by atoms with Gasteiger partial charge in [-0.3, -0.25) is 9.59 Å². The molecule has 45 heavy (non-hydrogen) atoms. The van der Waals surface area contributed by atoms with Crippen LogP contribution in [0.2, 0.25) is 0 Å². The molecular weight excluding hydrogens is 693 g/mol. The highest BCUT2D eigenvalue weighted by molar-refractivity contribution is 9.10. The van der Waals surface area contributed by atoms with E-state index in [1.165, 1.54) is 42.3 Å². The number of alkyl halides is 5. The van der Waals surface area contributed by atoms with E-state index in [1.807, 2.05) is 0 Å². The van der Waals surface area contributed by atoms with Gasteiger partial charge in [0.25, 0.3) is 11.8 Å². The Balaban J connectivity index is 1.93. The summed E-state index contributed by atoms with van der Waals surface area (Å²) >= 11 is 2.89. The number of halogens is 6. The zero-order valence-corrected chi connectivity index (χ0v) is 27.5. The highest BCUT2D eigenvalue weighted by Crippen LogP contribution is 2.40. The molecule has 0 spiro atoms. The van der Waals surface area contributed by atoms with Gasteiger partial charge in [0.05, 0.1) is 19.8 Å². The van der Waals surface area contributed by atoms with E-state index in [0.717, 1.165) is 0 Å². The summed E-state index contributed by atoms with van der Waals surface area (Å²) in [6.07, 6.45) is -5.72. The zero-order chi connectivity index (χ0) is 34.0. The van der Waals surface area contributed by atoms with Crippen LogP contribution in [0.15, 0.2) is 38.0 Å². The van der Waals surface area contributed by atoms with Gasteiger partial charge in [0, 0.05) is 42.8 Å². The van der Waals surface area contributed by atoms with Gasteiger partial charge in [0.1, 0.15) is 18.0 Å². The van der Waals surface area contributed by atoms with Crippen LogP contribution in [-0.2, 0) is 25.4 Å². The number of hydrogen-bond acceptors (Lipinski definition) is 7. The van der Waals surface area contributed by atoms with Gasteiger partial charge in [-0.1, -0.05) is 6.07 Å². The summed E-state index contributed by atoms with van der Waals surface area (Å²) in [4.78, 5) is 42.7. The molecule has 10 nitrogen and oxygen atoms in total. The number of nitrogens with zero attached hydrogens (tertiary/aromatic N) is 3. The number of carbonyl (C=O) groups is 3.